The molecule has 198 valence electrons. The van der Waals surface area contributed by atoms with Crippen LogP contribution in [0.1, 0.15) is 31.8 Å². The van der Waals surface area contributed by atoms with Gasteiger partial charge in [-0.1, -0.05) is 66.7 Å². The number of nitrogens with zero attached hydrogens (tertiary/aromatic N) is 2. The molecule has 0 fully saturated rings. The van der Waals surface area contributed by atoms with Crippen molar-refractivity contribution in [3.05, 3.63) is 140 Å². The Bertz CT molecular complexity index is 2300. The Hall–Kier alpha value is -6.02. The molecule has 6 aromatic carbocycles. The van der Waals surface area contributed by atoms with Crippen LogP contribution in [0.15, 0.2) is 97.1 Å². The summed E-state index contributed by atoms with van der Waals surface area (Å²) in [5, 5.41) is 27.1. The molecule has 0 N–H and O–H groups in total. The van der Waals surface area contributed by atoms with Gasteiger partial charge in [-0.3, -0.25) is 29.8 Å². The molecule has 8 rings (SSSR count). The standard InChI is InChI=1S/C34H16N2O6/c37-33-22-9-3-1-7-20(22)26-16-19(14-17-6-5-11-24(33)28(17)26)25-15-18-12-13-27(35(39)40)31-29(18)30(32(25)36(41)42)21-8-2-4-10-23(21)34(31)38/h1-16H. The first-order chi connectivity index (χ1) is 20.3. The monoisotopic (exact) mass is 548 g/mol. The zero-order valence-electron chi connectivity index (χ0n) is 21.6. The first-order valence-corrected chi connectivity index (χ1v) is 13.1. The summed E-state index contributed by atoms with van der Waals surface area (Å²) in [7, 11) is 0. The van der Waals surface area contributed by atoms with E-state index in [0.29, 0.717) is 33.2 Å². The lowest BCUT2D eigenvalue weighted by atomic mass is 9.78. The van der Waals surface area contributed by atoms with Gasteiger partial charge in [0, 0.05) is 39.1 Å². The topological polar surface area (TPSA) is 120 Å². The van der Waals surface area contributed by atoms with E-state index in [-0.39, 0.29) is 33.5 Å². The highest BCUT2D eigenvalue weighted by Gasteiger charge is 2.38. The van der Waals surface area contributed by atoms with Crippen molar-refractivity contribution in [2.45, 2.75) is 0 Å². The molecule has 0 unspecified atom stereocenters. The summed E-state index contributed by atoms with van der Waals surface area (Å²) in [5.41, 5.74) is 3.45. The van der Waals surface area contributed by atoms with Crippen LogP contribution in [0.5, 0.6) is 0 Å². The molecular formula is C34H16N2O6. The van der Waals surface area contributed by atoms with E-state index in [2.05, 4.69) is 0 Å². The van der Waals surface area contributed by atoms with Crippen molar-refractivity contribution in [3.8, 4) is 33.4 Å². The molecule has 0 radical (unpaired) electrons. The first kappa shape index (κ1) is 23.8. The SMILES string of the molecule is O=C1c2ccccc2-c2cc(-c3cc4ccc([N+](=O)[O-])c5c4c(c3[N+](=O)[O-])-c3ccccc3C5=O)cc3cccc1c23. The largest absolute Gasteiger partial charge is 0.289 e. The number of fused-ring (bicyclic) bond motifs is 4. The van der Waals surface area contributed by atoms with Crippen LogP contribution in [-0.2, 0) is 0 Å². The number of benzene rings is 6. The Kier molecular flexibility index (Phi) is 4.68. The second-order valence-corrected chi connectivity index (χ2v) is 10.4. The number of hydrogen-bond donors (Lipinski definition) is 0. The van der Waals surface area contributed by atoms with Gasteiger partial charge in [0.15, 0.2) is 5.78 Å². The summed E-state index contributed by atoms with van der Waals surface area (Å²) in [6.07, 6.45) is 0. The van der Waals surface area contributed by atoms with Crippen molar-refractivity contribution in [2.24, 2.45) is 0 Å². The highest BCUT2D eigenvalue weighted by molar-refractivity contribution is 6.30. The predicted molar refractivity (Wildman–Crippen MR) is 158 cm³/mol. The molecule has 0 saturated carbocycles. The van der Waals surface area contributed by atoms with Crippen LogP contribution < -0.4 is 0 Å². The molecule has 42 heavy (non-hydrogen) atoms. The highest BCUT2D eigenvalue weighted by atomic mass is 16.6. The van der Waals surface area contributed by atoms with Crippen molar-refractivity contribution in [3.63, 3.8) is 0 Å². The smallest absolute Gasteiger partial charge is 0.285 e. The second kappa shape index (κ2) is 8.25. The molecule has 6 aromatic rings. The average molecular weight is 549 g/mol. The molecule has 0 spiro atoms. The van der Waals surface area contributed by atoms with Gasteiger partial charge in [0.25, 0.3) is 11.4 Å². The molecule has 0 aromatic heterocycles. The molecule has 0 atom stereocenters. The van der Waals surface area contributed by atoms with E-state index in [9.17, 15) is 29.8 Å². The lowest BCUT2D eigenvalue weighted by molar-refractivity contribution is -0.385. The Labute approximate surface area is 236 Å². The summed E-state index contributed by atoms with van der Waals surface area (Å²) in [4.78, 5) is 50.7. The summed E-state index contributed by atoms with van der Waals surface area (Å²) in [6, 6.07) is 27.4. The number of carbonyl (C=O) groups is 2. The number of nitro groups is 2. The maximum atomic E-state index is 13.6. The summed E-state index contributed by atoms with van der Waals surface area (Å²) in [6.45, 7) is 0. The van der Waals surface area contributed by atoms with E-state index in [1.807, 2.05) is 30.3 Å². The molecule has 0 aliphatic heterocycles. The predicted octanol–water partition coefficient (Wildman–Crippen LogP) is 7.90. The minimum atomic E-state index is -0.630. The quantitative estimate of drug-likeness (QED) is 0.163. The molecule has 0 amide bonds. The molecule has 2 aliphatic rings. The Morgan fingerprint density at radius 3 is 1.83 bits per heavy atom. The van der Waals surface area contributed by atoms with Crippen molar-refractivity contribution in [1.82, 2.24) is 0 Å². The number of hydrogen-bond acceptors (Lipinski definition) is 6. The van der Waals surface area contributed by atoms with Gasteiger partial charge in [-0.15, -0.1) is 0 Å². The van der Waals surface area contributed by atoms with Crippen LogP contribution in [0.4, 0.5) is 11.4 Å². The third-order valence-electron chi connectivity index (χ3n) is 8.30. The average Bonchev–Trinajstić information content (AvgIpc) is 3.00. The number of nitro benzene ring substituents is 2. The van der Waals surface area contributed by atoms with Crippen LogP contribution in [0.2, 0.25) is 0 Å². The summed E-state index contributed by atoms with van der Waals surface area (Å²) in [5.74, 6) is -0.616. The van der Waals surface area contributed by atoms with Crippen LogP contribution in [0.3, 0.4) is 0 Å². The number of ketones is 2. The van der Waals surface area contributed by atoms with E-state index in [1.165, 1.54) is 18.2 Å². The molecule has 0 saturated heterocycles. The van der Waals surface area contributed by atoms with Crippen molar-refractivity contribution in [2.75, 3.05) is 0 Å². The number of carbonyl (C=O) groups excluding carboxylic acids is 2. The van der Waals surface area contributed by atoms with E-state index in [1.54, 1.807) is 48.5 Å². The lowest BCUT2D eigenvalue weighted by Gasteiger charge is -2.23. The van der Waals surface area contributed by atoms with Gasteiger partial charge in [-0.2, -0.15) is 0 Å². The fourth-order valence-electron chi connectivity index (χ4n) is 6.61. The fraction of sp³-hybridized carbons (Fsp3) is 0. The van der Waals surface area contributed by atoms with Crippen LogP contribution in [-0.4, -0.2) is 21.4 Å². The van der Waals surface area contributed by atoms with Gasteiger partial charge in [0.2, 0.25) is 5.78 Å². The third kappa shape index (κ3) is 3.00. The van der Waals surface area contributed by atoms with Gasteiger partial charge in [0.05, 0.1) is 21.0 Å². The fourth-order valence-corrected chi connectivity index (χ4v) is 6.61. The zero-order valence-corrected chi connectivity index (χ0v) is 21.6. The molecular weight excluding hydrogens is 532 g/mol. The second-order valence-electron chi connectivity index (χ2n) is 10.4. The van der Waals surface area contributed by atoms with Gasteiger partial charge in [-0.05, 0) is 51.7 Å². The van der Waals surface area contributed by atoms with Crippen molar-refractivity contribution < 1.29 is 19.4 Å². The zero-order chi connectivity index (χ0) is 28.9. The van der Waals surface area contributed by atoms with E-state index < -0.39 is 21.3 Å². The molecule has 0 heterocycles. The lowest BCUT2D eigenvalue weighted by Crippen LogP contribution is -2.14. The molecule has 8 nitrogen and oxygen atoms in total. The Morgan fingerprint density at radius 1 is 0.476 bits per heavy atom. The minimum absolute atomic E-state index is 0.0760. The van der Waals surface area contributed by atoms with Crippen molar-refractivity contribution >= 4 is 44.5 Å². The van der Waals surface area contributed by atoms with E-state index in [0.717, 1.165) is 21.9 Å². The van der Waals surface area contributed by atoms with Gasteiger partial charge >= 0.3 is 0 Å². The molecule has 2 aliphatic carbocycles. The summed E-state index contributed by atoms with van der Waals surface area (Å²) >= 11 is 0. The van der Waals surface area contributed by atoms with Crippen LogP contribution in [0, 0.1) is 20.2 Å². The van der Waals surface area contributed by atoms with Gasteiger partial charge < -0.3 is 0 Å². The van der Waals surface area contributed by atoms with E-state index >= 15 is 0 Å². The molecule has 8 heteroatoms. The van der Waals surface area contributed by atoms with Crippen LogP contribution >= 0.6 is 0 Å². The molecule has 0 bridgehead atoms. The Morgan fingerprint density at radius 2 is 1.12 bits per heavy atom. The normalized spacial score (nSPS) is 12.8. The minimum Gasteiger partial charge on any atom is -0.289 e. The number of rotatable bonds is 3. The Balaban J connectivity index is 1.54. The van der Waals surface area contributed by atoms with Crippen LogP contribution in [0.25, 0.3) is 54.9 Å². The highest BCUT2D eigenvalue weighted by Crippen LogP contribution is 2.52. The summed E-state index contributed by atoms with van der Waals surface area (Å²) < 4.78 is 0. The van der Waals surface area contributed by atoms with Crippen molar-refractivity contribution in [1.29, 1.82) is 0 Å². The maximum absolute atomic E-state index is 13.6. The van der Waals surface area contributed by atoms with Gasteiger partial charge in [-0.25, -0.2) is 0 Å². The first-order valence-electron chi connectivity index (χ1n) is 13.1. The van der Waals surface area contributed by atoms with E-state index in [4.69, 9.17) is 0 Å². The van der Waals surface area contributed by atoms with Gasteiger partial charge in [0.1, 0.15) is 5.56 Å². The maximum Gasteiger partial charge on any atom is 0.285 e. The third-order valence-corrected chi connectivity index (χ3v) is 8.30.